The first-order valence-electron chi connectivity index (χ1n) is 7.55. The summed E-state index contributed by atoms with van der Waals surface area (Å²) in [5.74, 6) is 2.94. The van der Waals surface area contributed by atoms with Gasteiger partial charge in [-0.25, -0.2) is 0 Å². The lowest BCUT2D eigenvalue weighted by molar-refractivity contribution is 0.336. The lowest BCUT2D eigenvalue weighted by Crippen LogP contribution is -2.31. The van der Waals surface area contributed by atoms with Crippen molar-refractivity contribution >= 4 is 22.6 Å². The summed E-state index contributed by atoms with van der Waals surface area (Å²) in [6, 6.07) is 8.67. The first kappa shape index (κ1) is 13.8. The molecule has 1 aliphatic heterocycles. The van der Waals surface area contributed by atoms with E-state index in [4.69, 9.17) is 9.73 Å². The van der Waals surface area contributed by atoms with Crippen LogP contribution in [-0.4, -0.2) is 23.6 Å². The maximum atomic E-state index is 5.46. The highest BCUT2D eigenvalue weighted by atomic mass is 32.2. The molecule has 1 saturated carbocycles. The van der Waals surface area contributed by atoms with Gasteiger partial charge in [-0.15, -0.1) is 0 Å². The van der Waals surface area contributed by atoms with Crippen LogP contribution in [-0.2, 0) is 0 Å². The molecule has 2 aliphatic rings. The molecular weight excluding hydrogens is 268 g/mol. The lowest BCUT2D eigenvalue weighted by atomic mass is 9.86. The van der Waals surface area contributed by atoms with E-state index in [1.165, 1.54) is 31.4 Å². The van der Waals surface area contributed by atoms with Crippen LogP contribution in [0.5, 0.6) is 5.75 Å². The van der Waals surface area contributed by atoms with E-state index >= 15 is 0 Å². The van der Waals surface area contributed by atoms with E-state index in [-0.39, 0.29) is 0 Å². The molecule has 20 heavy (non-hydrogen) atoms. The molecule has 1 fully saturated rings. The maximum Gasteiger partial charge on any atom is 0.161 e. The van der Waals surface area contributed by atoms with Crippen molar-refractivity contribution in [1.82, 2.24) is 0 Å². The van der Waals surface area contributed by atoms with E-state index in [0.29, 0.717) is 12.6 Å². The van der Waals surface area contributed by atoms with Crippen LogP contribution in [0.3, 0.4) is 0 Å². The number of ether oxygens (including phenoxy) is 1. The van der Waals surface area contributed by atoms with Gasteiger partial charge in [0.1, 0.15) is 5.75 Å². The van der Waals surface area contributed by atoms with Crippen molar-refractivity contribution in [2.75, 3.05) is 17.7 Å². The SMILES string of the molecule is CCOc1ccc(NC2=NC3CCCCC3CS2)cc1. The highest BCUT2D eigenvalue weighted by Crippen LogP contribution is 2.34. The number of aliphatic imine (C=N–C) groups is 1. The van der Waals surface area contributed by atoms with E-state index in [1.54, 1.807) is 0 Å². The molecule has 0 saturated heterocycles. The largest absolute Gasteiger partial charge is 0.494 e. The molecule has 1 aliphatic carbocycles. The number of anilines is 1. The highest BCUT2D eigenvalue weighted by Gasteiger charge is 2.28. The van der Waals surface area contributed by atoms with Crippen LogP contribution in [0.4, 0.5) is 5.69 Å². The number of rotatable bonds is 3. The number of nitrogens with one attached hydrogen (secondary N) is 1. The first-order chi connectivity index (χ1) is 9.85. The smallest absolute Gasteiger partial charge is 0.161 e. The molecule has 0 bridgehead atoms. The third-order valence-corrected chi connectivity index (χ3v) is 5.08. The molecule has 0 aromatic heterocycles. The Morgan fingerprint density at radius 2 is 2.05 bits per heavy atom. The topological polar surface area (TPSA) is 33.6 Å². The summed E-state index contributed by atoms with van der Waals surface area (Å²) in [6.45, 7) is 2.71. The molecule has 108 valence electrons. The third kappa shape index (κ3) is 3.29. The first-order valence-corrected chi connectivity index (χ1v) is 8.54. The van der Waals surface area contributed by atoms with Gasteiger partial charge in [0, 0.05) is 11.4 Å². The number of hydrogen-bond donors (Lipinski definition) is 1. The molecule has 2 atom stereocenters. The predicted molar refractivity (Wildman–Crippen MR) is 86.9 cm³/mol. The van der Waals surface area contributed by atoms with Gasteiger partial charge in [0.05, 0.1) is 12.6 Å². The minimum Gasteiger partial charge on any atom is -0.494 e. The second kappa shape index (κ2) is 6.53. The molecule has 1 aromatic carbocycles. The van der Waals surface area contributed by atoms with Crippen LogP contribution in [0, 0.1) is 5.92 Å². The molecular formula is C16H22N2OS. The van der Waals surface area contributed by atoms with Crippen LogP contribution in [0.1, 0.15) is 32.6 Å². The van der Waals surface area contributed by atoms with Crippen molar-refractivity contribution in [2.24, 2.45) is 10.9 Å². The second-order valence-corrected chi connectivity index (χ2v) is 6.45. The molecule has 1 heterocycles. The fourth-order valence-corrected chi connectivity index (χ4v) is 4.08. The average molecular weight is 290 g/mol. The number of fused-ring (bicyclic) bond motifs is 1. The predicted octanol–water partition coefficient (Wildman–Crippen LogP) is 4.16. The molecule has 0 amide bonds. The highest BCUT2D eigenvalue weighted by molar-refractivity contribution is 8.14. The Labute approximate surface area is 125 Å². The molecule has 3 nitrogen and oxygen atoms in total. The van der Waals surface area contributed by atoms with Crippen molar-refractivity contribution in [3.63, 3.8) is 0 Å². The monoisotopic (exact) mass is 290 g/mol. The summed E-state index contributed by atoms with van der Waals surface area (Å²) in [5.41, 5.74) is 1.09. The maximum absolute atomic E-state index is 5.46. The van der Waals surface area contributed by atoms with E-state index in [0.717, 1.165) is 22.5 Å². The van der Waals surface area contributed by atoms with Gasteiger partial charge >= 0.3 is 0 Å². The van der Waals surface area contributed by atoms with Crippen LogP contribution in [0.15, 0.2) is 29.3 Å². The number of benzene rings is 1. The molecule has 1 aromatic rings. The zero-order chi connectivity index (χ0) is 13.8. The van der Waals surface area contributed by atoms with E-state index in [1.807, 2.05) is 30.8 Å². The Morgan fingerprint density at radius 1 is 1.25 bits per heavy atom. The van der Waals surface area contributed by atoms with E-state index in [9.17, 15) is 0 Å². The van der Waals surface area contributed by atoms with Gasteiger partial charge in [-0.1, -0.05) is 24.6 Å². The third-order valence-electron chi connectivity index (χ3n) is 4.00. The Balaban J connectivity index is 1.63. The zero-order valence-electron chi connectivity index (χ0n) is 12.0. The van der Waals surface area contributed by atoms with Crippen LogP contribution < -0.4 is 10.1 Å². The van der Waals surface area contributed by atoms with E-state index < -0.39 is 0 Å². The van der Waals surface area contributed by atoms with Crippen molar-refractivity contribution < 1.29 is 4.74 Å². The fraction of sp³-hybridized carbons (Fsp3) is 0.562. The average Bonchev–Trinajstić information content (AvgIpc) is 2.49. The van der Waals surface area contributed by atoms with Crippen LogP contribution in [0.2, 0.25) is 0 Å². The minimum atomic E-state index is 0.551. The van der Waals surface area contributed by atoms with Crippen molar-refractivity contribution in [1.29, 1.82) is 0 Å². The van der Waals surface area contributed by atoms with Gasteiger partial charge in [0.15, 0.2) is 5.17 Å². The molecule has 1 N–H and O–H groups in total. The minimum absolute atomic E-state index is 0.551. The van der Waals surface area contributed by atoms with E-state index in [2.05, 4.69) is 17.4 Å². The van der Waals surface area contributed by atoms with Gasteiger partial charge in [-0.05, 0) is 49.9 Å². The normalized spacial score (nSPS) is 25.6. The number of amidine groups is 1. The standard InChI is InChI=1S/C16H22N2OS/c1-2-19-14-9-7-13(8-10-14)17-16-18-15-6-4-3-5-12(15)11-20-16/h7-10,12,15H,2-6,11H2,1H3,(H,17,18). The molecule has 0 spiro atoms. The summed E-state index contributed by atoms with van der Waals surface area (Å²) in [4.78, 5) is 4.90. The van der Waals surface area contributed by atoms with Gasteiger partial charge in [0.25, 0.3) is 0 Å². The van der Waals surface area contributed by atoms with Crippen LogP contribution in [0.25, 0.3) is 0 Å². The van der Waals surface area contributed by atoms with Gasteiger partial charge in [-0.3, -0.25) is 4.99 Å². The van der Waals surface area contributed by atoms with Gasteiger partial charge in [0.2, 0.25) is 0 Å². The summed E-state index contributed by atoms with van der Waals surface area (Å²) in [5, 5.41) is 4.52. The Hall–Kier alpha value is -1.16. The number of thioether (sulfide) groups is 1. The number of hydrogen-bond acceptors (Lipinski definition) is 4. The molecule has 0 radical (unpaired) electrons. The Bertz CT molecular complexity index is 472. The van der Waals surface area contributed by atoms with Gasteiger partial charge < -0.3 is 10.1 Å². The Morgan fingerprint density at radius 3 is 2.85 bits per heavy atom. The molecule has 4 heteroatoms. The fourth-order valence-electron chi connectivity index (χ4n) is 2.92. The van der Waals surface area contributed by atoms with Crippen molar-refractivity contribution in [2.45, 2.75) is 38.6 Å². The summed E-state index contributed by atoms with van der Waals surface area (Å²) >= 11 is 1.87. The van der Waals surface area contributed by atoms with Gasteiger partial charge in [-0.2, -0.15) is 0 Å². The summed E-state index contributed by atoms with van der Waals surface area (Å²) < 4.78 is 5.46. The summed E-state index contributed by atoms with van der Waals surface area (Å²) in [6.07, 6.45) is 5.35. The second-order valence-electron chi connectivity index (χ2n) is 5.44. The van der Waals surface area contributed by atoms with Crippen molar-refractivity contribution in [3.8, 4) is 5.75 Å². The van der Waals surface area contributed by atoms with Crippen LogP contribution >= 0.6 is 11.8 Å². The number of nitrogens with zero attached hydrogens (tertiary/aromatic N) is 1. The summed E-state index contributed by atoms with van der Waals surface area (Å²) in [7, 11) is 0. The molecule has 3 rings (SSSR count). The Kier molecular flexibility index (Phi) is 4.51. The molecule has 2 unspecified atom stereocenters. The lowest BCUT2D eigenvalue weighted by Gasteiger charge is -2.32. The quantitative estimate of drug-likeness (QED) is 0.907. The zero-order valence-corrected chi connectivity index (χ0v) is 12.8. The van der Waals surface area contributed by atoms with Crippen molar-refractivity contribution in [3.05, 3.63) is 24.3 Å².